The van der Waals surface area contributed by atoms with Crippen molar-refractivity contribution < 1.29 is 36.2 Å². The van der Waals surface area contributed by atoms with Crippen molar-refractivity contribution >= 4 is 15.8 Å². The lowest BCUT2D eigenvalue weighted by Crippen LogP contribution is -2.33. The molecular formula is C11H15F3O5S. The van der Waals surface area contributed by atoms with Crippen LogP contribution >= 0.6 is 0 Å². The Kier molecular flexibility index (Phi) is 5.97. The Morgan fingerprint density at radius 2 is 1.80 bits per heavy atom. The van der Waals surface area contributed by atoms with Crippen LogP contribution in [0.4, 0.5) is 13.2 Å². The maximum absolute atomic E-state index is 12.3. The molecule has 20 heavy (non-hydrogen) atoms. The van der Waals surface area contributed by atoms with E-state index in [1.807, 2.05) is 0 Å². The highest BCUT2D eigenvalue weighted by molar-refractivity contribution is 7.94. The van der Waals surface area contributed by atoms with Crippen LogP contribution in [0.5, 0.6) is 0 Å². The topological polar surface area (TPSA) is 80.7 Å². The van der Waals surface area contributed by atoms with Gasteiger partial charge < -0.3 is 9.84 Å². The maximum atomic E-state index is 12.3. The minimum Gasteiger partial charge on any atom is -0.478 e. The molecule has 0 spiro atoms. The number of hydrogen-bond acceptors (Lipinski definition) is 4. The zero-order valence-electron chi connectivity index (χ0n) is 11.1. The summed E-state index contributed by atoms with van der Waals surface area (Å²) >= 11 is 0. The fourth-order valence-electron chi connectivity index (χ4n) is 1.09. The van der Waals surface area contributed by atoms with Gasteiger partial charge in [-0.05, 0) is 19.9 Å². The first-order chi connectivity index (χ1) is 8.76. The summed E-state index contributed by atoms with van der Waals surface area (Å²) in [7, 11) is -3.73. The zero-order valence-corrected chi connectivity index (χ0v) is 11.9. The number of rotatable bonds is 6. The van der Waals surface area contributed by atoms with E-state index in [0.717, 1.165) is 20.1 Å². The Morgan fingerprint density at radius 1 is 1.35 bits per heavy atom. The van der Waals surface area contributed by atoms with Gasteiger partial charge in [-0.1, -0.05) is 6.58 Å². The number of halogens is 3. The van der Waals surface area contributed by atoms with Crippen LogP contribution in [0.3, 0.4) is 0 Å². The molecular weight excluding hydrogens is 301 g/mol. The van der Waals surface area contributed by atoms with Gasteiger partial charge in [0.05, 0.1) is 16.6 Å². The summed E-state index contributed by atoms with van der Waals surface area (Å²) in [5, 5.41) is 8.91. The van der Waals surface area contributed by atoms with Crippen molar-refractivity contribution in [2.45, 2.75) is 32.2 Å². The molecule has 0 aliphatic rings. The third-order valence-corrected chi connectivity index (χ3v) is 3.42. The van der Waals surface area contributed by atoms with Crippen LogP contribution in [0.1, 0.15) is 13.8 Å². The summed E-state index contributed by atoms with van der Waals surface area (Å²) in [5.74, 6) is -1.59. The largest absolute Gasteiger partial charge is 0.478 e. The molecule has 0 radical (unpaired) electrons. The van der Waals surface area contributed by atoms with Crippen molar-refractivity contribution in [2.24, 2.45) is 0 Å². The van der Waals surface area contributed by atoms with E-state index in [0.29, 0.717) is 6.08 Å². The highest BCUT2D eigenvalue weighted by atomic mass is 32.2. The Morgan fingerprint density at radius 3 is 2.10 bits per heavy atom. The van der Waals surface area contributed by atoms with E-state index in [2.05, 4.69) is 11.3 Å². The highest BCUT2D eigenvalue weighted by Gasteiger charge is 2.38. The quantitative estimate of drug-likeness (QED) is 0.598. The van der Waals surface area contributed by atoms with Crippen molar-refractivity contribution in [3.63, 3.8) is 0 Å². The van der Waals surface area contributed by atoms with Gasteiger partial charge in [0, 0.05) is 6.26 Å². The molecule has 2 atom stereocenters. The number of alkyl halides is 3. The Hall–Kier alpha value is -1.35. The predicted molar refractivity (Wildman–Crippen MR) is 65.8 cm³/mol. The normalized spacial score (nSPS) is 16.6. The molecule has 5 nitrogen and oxygen atoms in total. The average molecular weight is 316 g/mol. The molecule has 0 aromatic carbocycles. The molecule has 0 bridgehead atoms. The van der Waals surface area contributed by atoms with Crippen LogP contribution in [0, 0.1) is 0 Å². The second-order valence-corrected chi connectivity index (χ2v) is 6.17. The van der Waals surface area contributed by atoms with E-state index in [-0.39, 0.29) is 0 Å². The molecule has 0 aromatic heterocycles. The molecule has 116 valence electrons. The van der Waals surface area contributed by atoms with Crippen LogP contribution in [-0.4, -0.2) is 44.1 Å². The first-order valence-electron chi connectivity index (χ1n) is 5.32. The number of hydrogen-bond donors (Lipinski definition) is 1. The molecule has 0 amide bonds. The lowest BCUT2D eigenvalue weighted by molar-refractivity contribution is -0.221. The first-order valence-corrected chi connectivity index (χ1v) is 7.22. The standard InChI is InChI=1S/C11H15F3O5S/c1-6(20(4,17)18)5-9(10(15)16)7(2)19-8(3)11(12,13)14/h5,7-8H,1H2,2-4H3,(H,15,16)/b9-5+/t7?,8-/m0/s1. The van der Waals surface area contributed by atoms with Crippen LogP contribution in [-0.2, 0) is 19.4 Å². The fraction of sp³-hybridized carbons (Fsp3) is 0.545. The van der Waals surface area contributed by atoms with Gasteiger partial charge >= 0.3 is 12.1 Å². The highest BCUT2D eigenvalue weighted by Crippen LogP contribution is 2.25. The summed E-state index contributed by atoms with van der Waals surface area (Å²) in [6.45, 7) is 4.96. The fourth-order valence-corrected chi connectivity index (χ4v) is 1.43. The van der Waals surface area contributed by atoms with E-state index in [1.165, 1.54) is 0 Å². The van der Waals surface area contributed by atoms with Gasteiger partial charge in [-0.25, -0.2) is 13.2 Å². The number of carbonyl (C=O) groups is 1. The average Bonchev–Trinajstić information content (AvgIpc) is 2.21. The zero-order chi connectivity index (χ0) is 16.3. The lowest BCUT2D eigenvalue weighted by atomic mass is 10.1. The van der Waals surface area contributed by atoms with E-state index in [1.54, 1.807) is 0 Å². The van der Waals surface area contributed by atoms with E-state index in [9.17, 15) is 26.4 Å². The number of sulfone groups is 1. The number of allylic oxidation sites excluding steroid dienone is 1. The van der Waals surface area contributed by atoms with Crippen LogP contribution in [0.25, 0.3) is 0 Å². The Bertz CT molecular complexity index is 519. The van der Waals surface area contributed by atoms with Gasteiger partial charge in [0.1, 0.15) is 0 Å². The molecule has 1 unspecified atom stereocenters. The summed E-state index contributed by atoms with van der Waals surface area (Å²) in [4.78, 5) is 10.4. The van der Waals surface area contributed by atoms with Gasteiger partial charge in [0.15, 0.2) is 15.9 Å². The third kappa shape index (κ3) is 5.74. The van der Waals surface area contributed by atoms with Gasteiger partial charge in [-0.15, -0.1) is 0 Å². The Balaban J connectivity index is 5.28. The predicted octanol–water partition coefficient (Wildman–Crippen LogP) is 1.91. The van der Waals surface area contributed by atoms with Gasteiger partial charge in [-0.3, -0.25) is 0 Å². The smallest absolute Gasteiger partial charge is 0.414 e. The lowest BCUT2D eigenvalue weighted by Gasteiger charge is -2.21. The summed E-state index contributed by atoms with van der Waals surface area (Å²) in [5.41, 5.74) is -0.628. The van der Waals surface area contributed by atoms with E-state index < -0.39 is 44.7 Å². The van der Waals surface area contributed by atoms with Crippen LogP contribution in [0.2, 0.25) is 0 Å². The van der Waals surface area contributed by atoms with Crippen molar-refractivity contribution in [1.82, 2.24) is 0 Å². The second-order valence-electron chi connectivity index (χ2n) is 4.11. The van der Waals surface area contributed by atoms with Gasteiger partial charge in [0.25, 0.3) is 0 Å². The van der Waals surface area contributed by atoms with Crippen molar-refractivity contribution in [3.8, 4) is 0 Å². The van der Waals surface area contributed by atoms with Crippen LogP contribution < -0.4 is 0 Å². The maximum Gasteiger partial charge on any atom is 0.414 e. The summed E-state index contributed by atoms with van der Waals surface area (Å²) in [6.07, 6.45) is -6.80. The third-order valence-electron chi connectivity index (χ3n) is 2.35. The van der Waals surface area contributed by atoms with E-state index in [4.69, 9.17) is 5.11 Å². The van der Waals surface area contributed by atoms with Crippen molar-refractivity contribution in [3.05, 3.63) is 23.1 Å². The Labute approximate surface area is 114 Å². The SMILES string of the molecule is C=C(/C=C(/C(=O)O)C(C)O[C@@H](C)C(F)(F)F)S(C)(=O)=O. The molecule has 9 heteroatoms. The molecule has 0 heterocycles. The number of aliphatic carboxylic acids is 1. The van der Waals surface area contributed by atoms with Gasteiger partial charge in [0.2, 0.25) is 0 Å². The molecule has 0 aliphatic heterocycles. The summed E-state index contributed by atoms with van der Waals surface area (Å²) in [6, 6.07) is 0. The molecule has 0 aromatic rings. The van der Waals surface area contributed by atoms with Crippen molar-refractivity contribution in [1.29, 1.82) is 0 Å². The number of ether oxygens (including phenoxy) is 1. The minimum absolute atomic E-state index is 0.523. The number of carboxylic acids is 1. The van der Waals surface area contributed by atoms with Crippen LogP contribution in [0.15, 0.2) is 23.1 Å². The monoisotopic (exact) mass is 316 g/mol. The molecule has 0 aliphatic carbocycles. The summed E-state index contributed by atoms with van der Waals surface area (Å²) < 4.78 is 63.8. The minimum atomic E-state index is -4.65. The van der Waals surface area contributed by atoms with E-state index >= 15 is 0 Å². The molecule has 0 saturated heterocycles. The molecule has 1 N–H and O–H groups in total. The number of carboxylic acid groups (broad SMARTS) is 1. The molecule has 0 fully saturated rings. The van der Waals surface area contributed by atoms with Crippen molar-refractivity contribution in [2.75, 3.05) is 6.26 Å². The molecule has 0 rings (SSSR count). The first kappa shape index (κ1) is 18.7. The van der Waals surface area contributed by atoms with Gasteiger partial charge in [-0.2, -0.15) is 13.2 Å². The molecule has 0 saturated carbocycles. The second kappa shape index (κ2) is 6.40.